The molecule has 2 aromatic carbocycles. The van der Waals surface area contributed by atoms with Crippen LogP contribution in [0.3, 0.4) is 0 Å². The van der Waals surface area contributed by atoms with E-state index in [-0.39, 0.29) is 31.0 Å². The molecule has 0 heterocycles. The SMILES string of the molecule is Cc1ccc(OCCNC(=O)CCCN(c2ccc(F)cc2F)S(C)(=O)=O)cc1C. The van der Waals surface area contributed by atoms with E-state index in [9.17, 15) is 22.0 Å². The van der Waals surface area contributed by atoms with Gasteiger partial charge < -0.3 is 10.1 Å². The van der Waals surface area contributed by atoms with Gasteiger partial charge in [-0.15, -0.1) is 0 Å². The lowest BCUT2D eigenvalue weighted by molar-refractivity contribution is -0.121. The van der Waals surface area contributed by atoms with Gasteiger partial charge in [-0.1, -0.05) is 6.07 Å². The van der Waals surface area contributed by atoms with E-state index in [0.717, 1.165) is 34.0 Å². The first kappa shape index (κ1) is 23.6. The van der Waals surface area contributed by atoms with Crippen LogP contribution in [0.15, 0.2) is 36.4 Å². The predicted octanol–water partition coefficient (Wildman–Crippen LogP) is 3.32. The van der Waals surface area contributed by atoms with Crippen molar-refractivity contribution in [2.75, 3.05) is 30.3 Å². The zero-order chi connectivity index (χ0) is 22.3. The molecule has 2 aromatic rings. The van der Waals surface area contributed by atoms with Gasteiger partial charge in [0, 0.05) is 19.0 Å². The molecule has 0 fully saturated rings. The maximum Gasteiger partial charge on any atom is 0.232 e. The van der Waals surface area contributed by atoms with E-state index in [1.165, 1.54) is 5.56 Å². The Bertz CT molecular complexity index is 996. The second kappa shape index (κ2) is 10.4. The molecule has 6 nitrogen and oxygen atoms in total. The zero-order valence-electron chi connectivity index (χ0n) is 17.2. The first-order chi connectivity index (χ1) is 14.1. The summed E-state index contributed by atoms with van der Waals surface area (Å²) < 4.78 is 57.4. The minimum absolute atomic E-state index is 0.0540. The quantitative estimate of drug-likeness (QED) is 0.575. The molecular formula is C21H26F2N2O4S. The molecular weight excluding hydrogens is 414 g/mol. The number of hydrogen-bond donors (Lipinski definition) is 1. The number of sulfonamides is 1. The smallest absolute Gasteiger partial charge is 0.232 e. The van der Waals surface area contributed by atoms with Crippen LogP contribution in [0.1, 0.15) is 24.0 Å². The second-order valence-electron chi connectivity index (χ2n) is 6.98. The average molecular weight is 441 g/mol. The molecule has 2 rings (SSSR count). The highest BCUT2D eigenvalue weighted by Gasteiger charge is 2.21. The van der Waals surface area contributed by atoms with Crippen molar-refractivity contribution in [3.63, 3.8) is 0 Å². The first-order valence-electron chi connectivity index (χ1n) is 9.47. The summed E-state index contributed by atoms with van der Waals surface area (Å²) in [5.41, 5.74) is 2.03. The lowest BCUT2D eigenvalue weighted by Crippen LogP contribution is -2.33. The fraction of sp³-hybridized carbons (Fsp3) is 0.381. The van der Waals surface area contributed by atoms with E-state index < -0.39 is 21.7 Å². The Labute approximate surface area is 175 Å². The van der Waals surface area contributed by atoms with Gasteiger partial charge in [0.25, 0.3) is 0 Å². The van der Waals surface area contributed by atoms with Gasteiger partial charge in [-0.25, -0.2) is 17.2 Å². The van der Waals surface area contributed by atoms with Gasteiger partial charge in [0.15, 0.2) is 0 Å². The van der Waals surface area contributed by atoms with Gasteiger partial charge >= 0.3 is 0 Å². The third-order valence-electron chi connectivity index (χ3n) is 4.52. The highest BCUT2D eigenvalue weighted by molar-refractivity contribution is 7.92. The monoisotopic (exact) mass is 440 g/mol. The molecule has 0 atom stereocenters. The summed E-state index contributed by atoms with van der Waals surface area (Å²) in [4.78, 5) is 12.0. The Morgan fingerprint density at radius 3 is 2.47 bits per heavy atom. The number of aryl methyl sites for hydroxylation is 2. The molecule has 0 unspecified atom stereocenters. The van der Waals surface area contributed by atoms with Crippen LogP contribution in [0, 0.1) is 25.5 Å². The van der Waals surface area contributed by atoms with Crippen LogP contribution in [0.5, 0.6) is 5.75 Å². The Morgan fingerprint density at radius 2 is 1.83 bits per heavy atom. The summed E-state index contributed by atoms with van der Waals surface area (Å²) in [6.45, 7) is 4.49. The minimum atomic E-state index is -3.79. The number of carbonyl (C=O) groups is 1. The van der Waals surface area contributed by atoms with Gasteiger partial charge in [0.1, 0.15) is 24.0 Å². The van der Waals surface area contributed by atoms with E-state index in [1.807, 2.05) is 32.0 Å². The fourth-order valence-electron chi connectivity index (χ4n) is 2.78. The third kappa shape index (κ3) is 6.98. The van der Waals surface area contributed by atoms with Crippen molar-refractivity contribution in [2.45, 2.75) is 26.7 Å². The standard InChI is InChI=1S/C21H26F2N2O4S/c1-15-6-8-18(13-16(15)2)29-12-10-24-21(26)5-4-11-25(30(3,27)28)20-9-7-17(22)14-19(20)23/h6-9,13-14H,4-5,10-12H2,1-3H3,(H,24,26). The van der Waals surface area contributed by atoms with Crippen molar-refractivity contribution in [1.82, 2.24) is 5.32 Å². The molecule has 1 N–H and O–H groups in total. The Hall–Kier alpha value is -2.68. The molecule has 0 aliphatic carbocycles. The Balaban J connectivity index is 1.79. The van der Waals surface area contributed by atoms with Crippen molar-refractivity contribution in [3.05, 3.63) is 59.2 Å². The summed E-state index contributed by atoms with van der Waals surface area (Å²) in [6, 6.07) is 8.41. The molecule has 0 saturated heterocycles. The molecule has 9 heteroatoms. The van der Waals surface area contributed by atoms with Crippen molar-refractivity contribution in [1.29, 1.82) is 0 Å². The van der Waals surface area contributed by atoms with Crippen molar-refractivity contribution >= 4 is 21.6 Å². The average Bonchev–Trinajstić information content (AvgIpc) is 2.65. The molecule has 0 radical (unpaired) electrons. The molecule has 0 aliphatic heterocycles. The van der Waals surface area contributed by atoms with E-state index >= 15 is 0 Å². The molecule has 30 heavy (non-hydrogen) atoms. The van der Waals surface area contributed by atoms with Crippen LogP contribution < -0.4 is 14.4 Å². The largest absolute Gasteiger partial charge is 0.492 e. The molecule has 164 valence electrons. The number of nitrogens with one attached hydrogen (secondary N) is 1. The number of benzene rings is 2. The number of carbonyl (C=O) groups excluding carboxylic acids is 1. The second-order valence-corrected chi connectivity index (χ2v) is 8.89. The van der Waals surface area contributed by atoms with Crippen LogP contribution in [0.25, 0.3) is 0 Å². The van der Waals surface area contributed by atoms with Crippen molar-refractivity contribution in [2.24, 2.45) is 0 Å². The number of anilines is 1. The van der Waals surface area contributed by atoms with E-state index in [1.54, 1.807) is 0 Å². The van der Waals surface area contributed by atoms with Gasteiger partial charge in [0.2, 0.25) is 15.9 Å². The summed E-state index contributed by atoms with van der Waals surface area (Å²) in [6.07, 6.45) is 1.16. The van der Waals surface area contributed by atoms with Crippen LogP contribution in [-0.4, -0.2) is 40.3 Å². The number of rotatable bonds is 10. The summed E-state index contributed by atoms with van der Waals surface area (Å²) >= 11 is 0. The minimum Gasteiger partial charge on any atom is -0.492 e. The van der Waals surface area contributed by atoms with Gasteiger partial charge in [-0.3, -0.25) is 9.10 Å². The zero-order valence-corrected chi connectivity index (χ0v) is 18.1. The normalized spacial score (nSPS) is 11.2. The maximum atomic E-state index is 14.0. The highest BCUT2D eigenvalue weighted by atomic mass is 32.2. The molecule has 1 amide bonds. The first-order valence-corrected chi connectivity index (χ1v) is 11.3. The van der Waals surface area contributed by atoms with Crippen LogP contribution >= 0.6 is 0 Å². The van der Waals surface area contributed by atoms with E-state index in [0.29, 0.717) is 19.2 Å². The molecule has 0 aliphatic rings. The predicted molar refractivity (Wildman–Crippen MR) is 112 cm³/mol. The fourth-order valence-corrected chi connectivity index (χ4v) is 3.75. The van der Waals surface area contributed by atoms with E-state index in [4.69, 9.17) is 4.74 Å². The van der Waals surface area contributed by atoms with Crippen LogP contribution in [0.2, 0.25) is 0 Å². The number of amides is 1. The summed E-state index contributed by atoms with van der Waals surface area (Å²) in [5.74, 6) is -1.33. The number of nitrogens with zero attached hydrogens (tertiary/aromatic N) is 1. The molecule has 0 bridgehead atoms. The maximum absolute atomic E-state index is 14.0. The van der Waals surface area contributed by atoms with Crippen molar-refractivity contribution < 1.29 is 26.7 Å². The van der Waals surface area contributed by atoms with Crippen LogP contribution in [-0.2, 0) is 14.8 Å². The summed E-state index contributed by atoms with van der Waals surface area (Å²) in [5, 5.41) is 2.69. The van der Waals surface area contributed by atoms with Gasteiger partial charge in [-0.2, -0.15) is 0 Å². The van der Waals surface area contributed by atoms with Crippen LogP contribution in [0.4, 0.5) is 14.5 Å². The number of ether oxygens (including phenoxy) is 1. The molecule has 0 spiro atoms. The molecule has 0 aromatic heterocycles. The van der Waals surface area contributed by atoms with Gasteiger partial charge in [-0.05, 0) is 55.7 Å². The van der Waals surface area contributed by atoms with Crippen molar-refractivity contribution in [3.8, 4) is 5.75 Å². The lowest BCUT2D eigenvalue weighted by atomic mass is 10.1. The lowest BCUT2D eigenvalue weighted by Gasteiger charge is -2.22. The third-order valence-corrected chi connectivity index (χ3v) is 5.70. The summed E-state index contributed by atoms with van der Waals surface area (Å²) in [7, 11) is -3.79. The highest BCUT2D eigenvalue weighted by Crippen LogP contribution is 2.23. The molecule has 0 saturated carbocycles. The van der Waals surface area contributed by atoms with E-state index in [2.05, 4.69) is 5.32 Å². The van der Waals surface area contributed by atoms with Gasteiger partial charge in [0.05, 0.1) is 18.5 Å². The number of hydrogen-bond acceptors (Lipinski definition) is 4. The Kier molecular flexibility index (Phi) is 8.16. The topological polar surface area (TPSA) is 75.7 Å². The number of halogens is 2. The Morgan fingerprint density at radius 1 is 1.10 bits per heavy atom.